The molecule has 0 aliphatic carbocycles. The van der Waals surface area contributed by atoms with E-state index in [1.165, 1.54) is 35.3 Å². The van der Waals surface area contributed by atoms with Gasteiger partial charge in [0.1, 0.15) is 0 Å². The van der Waals surface area contributed by atoms with Crippen molar-refractivity contribution in [3.63, 3.8) is 0 Å². The fourth-order valence-electron chi connectivity index (χ4n) is 2.55. The third-order valence-electron chi connectivity index (χ3n) is 3.74. The molecule has 1 aromatic carbocycles. The van der Waals surface area contributed by atoms with Gasteiger partial charge in [0.2, 0.25) is 0 Å². The fraction of sp³-hybridized carbons (Fsp3) is 0.444. The van der Waals surface area contributed by atoms with Crippen LogP contribution < -0.4 is 5.32 Å². The maximum absolute atomic E-state index is 3.62. The Kier molecular flexibility index (Phi) is 6.28. The van der Waals surface area contributed by atoms with Crippen LogP contribution >= 0.6 is 11.3 Å². The topological polar surface area (TPSA) is 12.0 Å². The molecular formula is C18H25NS. The number of aryl methyl sites for hydroxylation is 2. The number of thiophene rings is 1. The van der Waals surface area contributed by atoms with Gasteiger partial charge in [0.15, 0.2) is 0 Å². The van der Waals surface area contributed by atoms with Crippen LogP contribution in [0.3, 0.4) is 0 Å². The van der Waals surface area contributed by atoms with Crippen LogP contribution in [0.2, 0.25) is 0 Å². The quantitative estimate of drug-likeness (QED) is 0.721. The summed E-state index contributed by atoms with van der Waals surface area (Å²) in [6, 6.07) is 14.0. The Morgan fingerprint density at radius 2 is 1.90 bits per heavy atom. The molecule has 1 atom stereocenters. The molecule has 0 amide bonds. The van der Waals surface area contributed by atoms with Gasteiger partial charge in [-0.05, 0) is 54.8 Å². The van der Waals surface area contributed by atoms with E-state index in [2.05, 4.69) is 60.9 Å². The van der Waals surface area contributed by atoms with E-state index in [1.54, 1.807) is 0 Å². The minimum atomic E-state index is 0.492. The Morgan fingerprint density at radius 3 is 2.50 bits per heavy atom. The van der Waals surface area contributed by atoms with Gasteiger partial charge < -0.3 is 5.32 Å². The molecule has 2 aromatic rings. The zero-order valence-corrected chi connectivity index (χ0v) is 13.4. The van der Waals surface area contributed by atoms with Crippen molar-refractivity contribution in [2.45, 2.75) is 45.6 Å². The van der Waals surface area contributed by atoms with E-state index in [1.807, 2.05) is 11.3 Å². The monoisotopic (exact) mass is 287 g/mol. The van der Waals surface area contributed by atoms with Crippen molar-refractivity contribution in [2.24, 2.45) is 0 Å². The smallest absolute Gasteiger partial charge is 0.0320 e. The third-order valence-corrected chi connectivity index (χ3v) is 4.67. The van der Waals surface area contributed by atoms with Gasteiger partial charge in [-0.2, -0.15) is 0 Å². The average Bonchev–Trinajstić information content (AvgIpc) is 3.00. The molecule has 0 aliphatic rings. The largest absolute Gasteiger partial charge is 0.310 e. The Balaban J connectivity index is 1.91. The summed E-state index contributed by atoms with van der Waals surface area (Å²) in [4.78, 5) is 1.50. The maximum atomic E-state index is 3.62. The number of hydrogen-bond donors (Lipinski definition) is 1. The molecular weight excluding hydrogens is 262 g/mol. The van der Waals surface area contributed by atoms with Gasteiger partial charge in [-0.25, -0.2) is 0 Å². The molecule has 0 saturated carbocycles. The SMILES string of the molecule is CCNC(CCCc1cccs1)c1ccc(CC)cc1. The lowest BCUT2D eigenvalue weighted by molar-refractivity contribution is 0.499. The van der Waals surface area contributed by atoms with Crippen molar-refractivity contribution in [2.75, 3.05) is 6.54 Å². The molecule has 1 N–H and O–H groups in total. The Morgan fingerprint density at radius 1 is 1.10 bits per heavy atom. The normalized spacial score (nSPS) is 12.5. The minimum Gasteiger partial charge on any atom is -0.310 e. The van der Waals surface area contributed by atoms with Gasteiger partial charge in [-0.1, -0.05) is 44.2 Å². The molecule has 0 radical (unpaired) electrons. The Bertz CT molecular complexity index is 473. The Hall–Kier alpha value is -1.12. The highest BCUT2D eigenvalue weighted by molar-refractivity contribution is 7.09. The highest BCUT2D eigenvalue weighted by Gasteiger charge is 2.10. The maximum Gasteiger partial charge on any atom is 0.0320 e. The standard InChI is InChI=1S/C18H25NS/c1-3-15-10-12-16(13-11-15)18(19-4-2)9-5-7-17-8-6-14-20-17/h6,8,10-14,18-19H,3-5,7,9H2,1-2H3. The van der Waals surface area contributed by atoms with Gasteiger partial charge in [0.05, 0.1) is 0 Å². The van der Waals surface area contributed by atoms with Crippen LogP contribution in [-0.4, -0.2) is 6.54 Å². The molecule has 1 heterocycles. The number of nitrogens with one attached hydrogen (secondary N) is 1. The van der Waals surface area contributed by atoms with E-state index in [0.29, 0.717) is 6.04 Å². The van der Waals surface area contributed by atoms with E-state index >= 15 is 0 Å². The summed E-state index contributed by atoms with van der Waals surface area (Å²) in [5.41, 5.74) is 2.85. The van der Waals surface area contributed by atoms with Crippen LogP contribution in [-0.2, 0) is 12.8 Å². The van der Waals surface area contributed by atoms with Crippen molar-refractivity contribution >= 4 is 11.3 Å². The predicted molar refractivity (Wildman–Crippen MR) is 89.5 cm³/mol. The first kappa shape index (κ1) is 15.3. The summed E-state index contributed by atoms with van der Waals surface area (Å²) >= 11 is 1.87. The highest BCUT2D eigenvalue weighted by atomic mass is 32.1. The molecule has 2 rings (SSSR count). The van der Waals surface area contributed by atoms with Gasteiger partial charge in [-0.15, -0.1) is 11.3 Å². The van der Waals surface area contributed by atoms with Gasteiger partial charge in [0, 0.05) is 10.9 Å². The van der Waals surface area contributed by atoms with Gasteiger partial charge >= 0.3 is 0 Å². The van der Waals surface area contributed by atoms with Crippen molar-refractivity contribution in [3.8, 4) is 0 Å². The van der Waals surface area contributed by atoms with Crippen LogP contribution in [0.25, 0.3) is 0 Å². The van der Waals surface area contributed by atoms with E-state index < -0.39 is 0 Å². The second-order valence-electron chi connectivity index (χ2n) is 5.18. The van der Waals surface area contributed by atoms with Crippen molar-refractivity contribution in [1.29, 1.82) is 0 Å². The molecule has 0 saturated heterocycles. The van der Waals surface area contributed by atoms with Crippen LogP contribution in [0.1, 0.15) is 48.7 Å². The van der Waals surface area contributed by atoms with Gasteiger partial charge in [0.25, 0.3) is 0 Å². The second-order valence-corrected chi connectivity index (χ2v) is 6.21. The lowest BCUT2D eigenvalue weighted by atomic mass is 9.99. The molecule has 20 heavy (non-hydrogen) atoms. The average molecular weight is 287 g/mol. The molecule has 1 unspecified atom stereocenters. The predicted octanol–water partition coefficient (Wildman–Crippen LogP) is 4.98. The van der Waals surface area contributed by atoms with E-state index in [9.17, 15) is 0 Å². The first-order valence-electron chi connectivity index (χ1n) is 7.68. The number of hydrogen-bond acceptors (Lipinski definition) is 2. The molecule has 0 aliphatic heterocycles. The van der Waals surface area contributed by atoms with Gasteiger partial charge in [-0.3, -0.25) is 0 Å². The van der Waals surface area contributed by atoms with Crippen molar-refractivity contribution in [3.05, 3.63) is 57.8 Å². The summed E-state index contributed by atoms with van der Waals surface area (Å²) in [7, 11) is 0. The molecule has 1 nitrogen and oxygen atoms in total. The first-order chi connectivity index (χ1) is 9.83. The number of rotatable bonds is 8. The second kappa shape index (κ2) is 8.23. The summed E-state index contributed by atoms with van der Waals surface area (Å²) in [5, 5.41) is 5.79. The van der Waals surface area contributed by atoms with Crippen LogP contribution in [0, 0.1) is 0 Å². The lowest BCUT2D eigenvalue weighted by Gasteiger charge is -2.18. The molecule has 0 bridgehead atoms. The molecule has 1 aromatic heterocycles. The highest BCUT2D eigenvalue weighted by Crippen LogP contribution is 2.21. The Labute approximate surface area is 127 Å². The van der Waals surface area contributed by atoms with Crippen molar-refractivity contribution in [1.82, 2.24) is 5.32 Å². The molecule has 2 heteroatoms. The zero-order chi connectivity index (χ0) is 14.2. The van der Waals surface area contributed by atoms with E-state index in [-0.39, 0.29) is 0 Å². The van der Waals surface area contributed by atoms with E-state index in [4.69, 9.17) is 0 Å². The minimum absolute atomic E-state index is 0.492. The first-order valence-corrected chi connectivity index (χ1v) is 8.56. The summed E-state index contributed by atoms with van der Waals surface area (Å²) in [6.07, 6.45) is 4.77. The summed E-state index contributed by atoms with van der Waals surface area (Å²) < 4.78 is 0. The van der Waals surface area contributed by atoms with Crippen LogP contribution in [0.5, 0.6) is 0 Å². The lowest BCUT2D eigenvalue weighted by Crippen LogP contribution is -2.21. The van der Waals surface area contributed by atoms with E-state index in [0.717, 1.165) is 13.0 Å². The number of benzene rings is 1. The third kappa shape index (κ3) is 4.46. The summed E-state index contributed by atoms with van der Waals surface area (Å²) in [5.74, 6) is 0. The fourth-order valence-corrected chi connectivity index (χ4v) is 3.31. The van der Waals surface area contributed by atoms with Crippen LogP contribution in [0.15, 0.2) is 41.8 Å². The molecule has 0 fully saturated rings. The molecule has 108 valence electrons. The zero-order valence-electron chi connectivity index (χ0n) is 12.6. The van der Waals surface area contributed by atoms with Crippen molar-refractivity contribution < 1.29 is 0 Å². The summed E-state index contributed by atoms with van der Waals surface area (Å²) in [6.45, 7) is 5.42. The molecule has 0 spiro atoms. The van der Waals surface area contributed by atoms with Crippen LogP contribution in [0.4, 0.5) is 0 Å².